The maximum atomic E-state index is 12.4. The summed E-state index contributed by atoms with van der Waals surface area (Å²) in [6.07, 6.45) is 0. The summed E-state index contributed by atoms with van der Waals surface area (Å²) in [6, 6.07) is 8.82. The second-order valence-electron chi connectivity index (χ2n) is 6.04. The number of rotatable bonds is 7. The minimum atomic E-state index is -0.395. The fourth-order valence-electron chi connectivity index (χ4n) is 2.54. The Hall–Kier alpha value is -3.62. The zero-order valence-electron chi connectivity index (χ0n) is 16.1. The lowest BCUT2D eigenvalue weighted by atomic mass is 10.2. The van der Waals surface area contributed by atoms with Gasteiger partial charge in [-0.2, -0.15) is 0 Å². The Kier molecular flexibility index (Phi) is 5.73. The van der Waals surface area contributed by atoms with Crippen LogP contribution in [0, 0.1) is 13.8 Å². The molecular weight excluding hydrogens is 362 g/mol. The molecule has 0 fully saturated rings. The molecule has 9 heteroatoms. The van der Waals surface area contributed by atoms with Crippen LogP contribution >= 0.6 is 0 Å². The SMILES string of the molecule is COc1ccc(CNc2nc(C)cc(C(=O)Nc3cc(C)on3)n2)cc1OC. The van der Waals surface area contributed by atoms with E-state index in [4.69, 9.17) is 14.0 Å². The largest absolute Gasteiger partial charge is 0.493 e. The number of carbonyl (C=O) groups is 1. The number of aromatic nitrogens is 3. The molecule has 0 atom stereocenters. The minimum Gasteiger partial charge on any atom is -0.493 e. The van der Waals surface area contributed by atoms with Crippen molar-refractivity contribution in [2.75, 3.05) is 24.9 Å². The number of carbonyl (C=O) groups excluding carboxylic acids is 1. The van der Waals surface area contributed by atoms with E-state index in [9.17, 15) is 4.79 Å². The topological polar surface area (TPSA) is 111 Å². The highest BCUT2D eigenvalue weighted by Crippen LogP contribution is 2.27. The van der Waals surface area contributed by atoms with Gasteiger partial charge in [0.25, 0.3) is 5.91 Å². The van der Waals surface area contributed by atoms with E-state index in [1.54, 1.807) is 40.2 Å². The third-order valence-corrected chi connectivity index (χ3v) is 3.85. The number of methoxy groups -OCH3 is 2. The molecule has 2 N–H and O–H groups in total. The number of hydrogen-bond donors (Lipinski definition) is 2. The first kappa shape index (κ1) is 19.2. The summed E-state index contributed by atoms with van der Waals surface area (Å²) in [6.45, 7) is 3.99. The van der Waals surface area contributed by atoms with Crippen LogP contribution in [0.1, 0.15) is 27.5 Å². The number of nitrogens with zero attached hydrogens (tertiary/aromatic N) is 3. The van der Waals surface area contributed by atoms with Crippen LogP contribution in [0.3, 0.4) is 0 Å². The van der Waals surface area contributed by atoms with Crippen molar-refractivity contribution in [3.8, 4) is 11.5 Å². The van der Waals surface area contributed by atoms with Crippen molar-refractivity contribution < 1.29 is 18.8 Å². The number of nitrogens with one attached hydrogen (secondary N) is 2. The van der Waals surface area contributed by atoms with Crippen molar-refractivity contribution in [2.24, 2.45) is 0 Å². The number of ether oxygens (including phenoxy) is 2. The fraction of sp³-hybridized carbons (Fsp3) is 0.263. The van der Waals surface area contributed by atoms with Gasteiger partial charge in [-0.1, -0.05) is 11.2 Å². The predicted molar refractivity (Wildman–Crippen MR) is 103 cm³/mol. The van der Waals surface area contributed by atoms with Gasteiger partial charge in [0.05, 0.1) is 14.2 Å². The molecule has 0 radical (unpaired) electrons. The number of amides is 1. The molecule has 146 valence electrons. The van der Waals surface area contributed by atoms with E-state index in [0.717, 1.165) is 5.56 Å². The summed E-state index contributed by atoms with van der Waals surface area (Å²) in [5.41, 5.74) is 1.83. The van der Waals surface area contributed by atoms with Crippen molar-refractivity contribution in [3.05, 3.63) is 53.0 Å². The molecule has 0 aliphatic rings. The van der Waals surface area contributed by atoms with Crippen LogP contribution in [0.2, 0.25) is 0 Å². The first-order valence-corrected chi connectivity index (χ1v) is 8.53. The summed E-state index contributed by atoms with van der Waals surface area (Å²) in [5.74, 6) is 2.17. The van der Waals surface area contributed by atoms with Gasteiger partial charge in [0, 0.05) is 18.3 Å². The van der Waals surface area contributed by atoms with Crippen LogP contribution in [-0.4, -0.2) is 35.3 Å². The zero-order chi connectivity index (χ0) is 20.1. The van der Waals surface area contributed by atoms with Crippen molar-refractivity contribution >= 4 is 17.7 Å². The van der Waals surface area contributed by atoms with Crippen LogP contribution in [0.5, 0.6) is 11.5 Å². The van der Waals surface area contributed by atoms with Crippen molar-refractivity contribution in [2.45, 2.75) is 20.4 Å². The molecular formula is C19H21N5O4. The second kappa shape index (κ2) is 8.38. The highest BCUT2D eigenvalue weighted by Gasteiger charge is 2.13. The number of aryl methyl sites for hydroxylation is 2. The standard InChI is InChI=1S/C19H21N5O4/c1-11-7-14(18(25)23-17-8-12(2)28-24-17)22-19(21-11)20-10-13-5-6-15(26-3)16(9-13)27-4/h5-9H,10H2,1-4H3,(H,20,21,22)(H,23,24,25). The van der Waals surface area contributed by atoms with E-state index in [1.165, 1.54) is 0 Å². The van der Waals surface area contributed by atoms with Gasteiger partial charge in [-0.05, 0) is 37.6 Å². The molecule has 28 heavy (non-hydrogen) atoms. The van der Waals surface area contributed by atoms with Gasteiger partial charge in [0.2, 0.25) is 5.95 Å². The lowest BCUT2D eigenvalue weighted by Gasteiger charge is -2.11. The summed E-state index contributed by atoms with van der Waals surface area (Å²) in [4.78, 5) is 21.0. The molecule has 0 saturated heterocycles. The Balaban J connectivity index is 1.72. The molecule has 0 bridgehead atoms. The minimum absolute atomic E-state index is 0.225. The zero-order valence-corrected chi connectivity index (χ0v) is 16.1. The average molecular weight is 383 g/mol. The monoisotopic (exact) mass is 383 g/mol. The normalized spacial score (nSPS) is 10.4. The third kappa shape index (κ3) is 4.56. The van der Waals surface area contributed by atoms with E-state index in [-0.39, 0.29) is 5.69 Å². The number of anilines is 2. The number of hydrogen-bond acceptors (Lipinski definition) is 8. The molecule has 2 aromatic heterocycles. The summed E-state index contributed by atoms with van der Waals surface area (Å²) < 4.78 is 15.5. The highest BCUT2D eigenvalue weighted by molar-refractivity contribution is 6.02. The van der Waals surface area contributed by atoms with Gasteiger partial charge in [-0.15, -0.1) is 0 Å². The molecule has 0 saturated carbocycles. The van der Waals surface area contributed by atoms with Crippen molar-refractivity contribution in [3.63, 3.8) is 0 Å². The van der Waals surface area contributed by atoms with E-state index in [1.807, 2.05) is 18.2 Å². The van der Waals surface area contributed by atoms with E-state index in [2.05, 4.69) is 25.8 Å². The van der Waals surface area contributed by atoms with Gasteiger partial charge >= 0.3 is 0 Å². The summed E-state index contributed by atoms with van der Waals surface area (Å²) >= 11 is 0. The second-order valence-corrected chi connectivity index (χ2v) is 6.04. The van der Waals surface area contributed by atoms with Crippen molar-refractivity contribution in [1.82, 2.24) is 15.1 Å². The first-order chi connectivity index (χ1) is 13.5. The Morgan fingerprint density at radius 3 is 2.54 bits per heavy atom. The predicted octanol–water partition coefficient (Wildman–Crippen LogP) is 2.96. The van der Waals surface area contributed by atoms with Crippen LogP contribution in [0.15, 0.2) is 34.9 Å². The molecule has 3 rings (SSSR count). The number of benzene rings is 1. The molecule has 3 aromatic rings. The van der Waals surface area contributed by atoms with Gasteiger partial charge < -0.3 is 24.6 Å². The first-order valence-electron chi connectivity index (χ1n) is 8.53. The highest BCUT2D eigenvalue weighted by atomic mass is 16.5. The van der Waals surface area contributed by atoms with Gasteiger partial charge in [-0.3, -0.25) is 4.79 Å². The Bertz CT molecular complexity index is 986. The maximum Gasteiger partial charge on any atom is 0.275 e. The van der Waals surface area contributed by atoms with Gasteiger partial charge in [-0.25, -0.2) is 9.97 Å². The summed E-state index contributed by atoms with van der Waals surface area (Å²) in [5, 5.41) is 9.51. The van der Waals surface area contributed by atoms with Crippen LogP contribution in [0.25, 0.3) is 0 Å². The van der Waals surface area contributed by atoms with Crippen LogP contribution < -0.4 is 20.1 Å². The molecule has 1 aromatic carbocycles. The van der Waals surface area contributed by atoms with Crippen LogP contribution in [-0.2, 0) is 6.54 Å². The summed E-state index contributed by atoms with van der Waals surface area (Å²) in [7, 11) is 3.17. The molecule has 9 nitrogen and oxygen atoms in total. The Morgan fingerprint density at radius 2 is 1.86 bits per heavy atom. The fourth-order valence-corrected chi connectivity index (χ4v) is 2.54. The van der Waals surface area contributed by atoms with E-state index in [0.29, 0.717) is 41.3 Å². The Labute approximate surface area is 162 Å². The van der Waals surface area contributed by atoms with Gasteiger partial charge in [0.1, 0.15) is 11.5 Å². The van der Waals surface area contributed by atoms with E-state index < -0.39 is 5.91 Å². The van der Waals surface area contributed by atoms with Crippen LogP contribution in [0.4, 0.5) is 11.8 Å². The lowest BCUT2D eigenvalue weighted by Crippen LogP contribution is -2.16. The maximum absolute atomic E-state index is 12.4. The quantitative estimate of drug-likeness (QED) is 0.640. The average Bonchev–Trinajstić information content (AvgIpc) is 3.10. The molecule has 1 amide bonds. The molecule has 0 unspecified atom stereocenters. The molecule has 0 aliphatic heterocycles. The lowest BCUT2D eigenvalue weighted by molar-refractivity contribution is 0.102. The molecule has 2 heterocycles. The van der Waals surface area contributed by atoms with Gasteiger partial charge in [0.15, 0.2) is 17.3 Å². The third-order valence-electron chi connectivity index (χ3n) is 3.85. The smallest absolute Gasteiger partial charge is 0.275 e. The molecule has 0 aliphatic carbocycles. The Morgan fingerprint density at radius 1 is 1.07 bits per heavy atom. The van der Waals surface area contributed by atoms with E-state index >= 15 is 0 Å². The van der Waals surface area contributed by atoms with Crippen molar-refractivity contribution in [1.29, 1.82) is 0 Å². The molecule has 0 spiro atoms.